The summed E-state index contributed by atoms with van der Waals surface area (Å²) in [4.78, 5) is 20.5. The first kappa shape index (κ1) is 18.7. The van der Waals surface area contributed by atoms with Crippen LogP contribution in [0.5, 0.6) is 0 Å². The second kappa shape index (κ2) is 8.52. The Bertz CT molecular complexity index is 992. The fourth-order valence-corrected chi connectivity index (χ4v) is 3.31. The van der Waals surface area contributed by atoms with E-state index < -0.39 is 10.0 Å². The highest BCUT2D eigenvalue weighted by Crippen LogP contribution is 2.11. The molecular formula is C19H18N4O3S. The zero-order valence-electron chi connectivity index (χ0n) is 14.4. The van der Waals surface area contributed by atoms with Gasteiger partial charge in [0.15, 0.2) is 0 Å². The SMILES string of the molecule is O=C(NCc1ccccn1)c1ccc(S(=O)(=O)NCc2ccccn2)cc1. The van der Waals surface area contributed by atoms with Crippen molar-refractivity contribution in [1.29, 1.82) is 0 Å². The Morgan fingerprint density at radius 1 is 0.815 bits per heavy atom. The Kier molecular flexibility index (Phi) is 5.90. The molecule has 7 nitrogen and oxygen atoms in total. The van der Waals surface area contributed by atoms with E-state index in [0.29, 0.717) is 17.8 Å². The first-order valence-electron chi connectivity index (χ1n) is 8.22. The predicted molar refractivity (Wildman–Crippen MR) is 100 cm³/mol. The summed E-state index contributed by atoms with van der Waals surface area (Å²) in [6.07, 6.45) is 3.25. The van der Waals surface area contributed by atoms with Crippen molar-refractivity contribution in [2.24, 2.45) is 0 Å². The molecule has 0 radical (unpaired) electrons. The summed E-state index contributed by atoms with van der Waals surface area (Å²) in [6, 6.07) is 16.5. The third-order valence-electron chi connectivity index (χ3n) is 3.75. The minimum atomic E-state index is -3.69. The molecule has 0 fully saturated rings. The van der Waals surface area contributed by atoms with E-state index in [9.17, 15) is 13.2 Å². The number of rotatable bonds is 7. The number of amides is 1. The summed E-state index contributed by atoms with van der Waals surface area (Å²) >= 11 is 0. The number of hydrogen-bond donors (Lipinski definition) is 2. The number of aromatic nitrogens is 2. The third-order valence-corrected chi connectivity index (χ3v) is 5.17. The number of nitrogens with one attached hydrogen (secondary N) is 2. The standard InChI is InChI=1S/C19H18N4O3S/c24-19(22-13-16-5-1-3-11-20-16)15-7-9-18(10-8-15)27(25,26)23-14-17-6-2-4-12-21-17/h1-12,23H,13-14H2,(H,22,24). The van der Waals surface area contributed by atoms with E-state index in [1.807, 2.05) is 12.1 Å². The van der Waals surface area contributed by atoms with Crippen LogP contribution in [0.25, 0.3) is 0 Å². The van der Waals surface area contributed by atoms with Crippen LogP contribution in [0.3, 0.4) is 0 Å². The van der Waals surface area contributed by atoms with Crippen LogP contribution in [-0.2, 0) is 23.1 Å². The molecule has 0 atom stereocenters. The molecule has 0 saturated carbocycles. The minimum absolute atomic E-state index is 0.0831. The summed E-state index contributed by atoms with van der Waals surface area (Å²) in [5, 5.41) is 2.75. The predicted octanol–water partition coefficient (Wildman–Crippen LogP) is 1.89. The lowest BCUT2D eigenvalue weighted by molar-refractivity contribution is 0.0950. The zero-order valence-corrected chi connectivity index (χ0v) is 15.2. The first-order valence-corrected chi connectivity index (χ1v) is 9.71. The molecule has 0 saturated heterocycles. The molecule has 138 valence electrons. The Labute approximate surface area is 157 Å². The molecule has 3 aromatic rings. The number of sulfonamides is 1. The van der Waals surface area contributed by atoms with E-state index in [-0.39, 0.29) is 17.3 Å². The molecule has 0 bridgehead atoms. The van der Waals surface area contributed by atoms with Gasteiger partial charge in [-0.1, -0.05) is 12.1 Å². The summed E-state index contributed by atoms with van der Waals surface area (Å²) in [6.45, 7) is 0.390. The van der Waals surface area contributed by atoms with Crippen molar-refractivity contribution in [3.8, 4) is 0 Å². The maximum absolute atomic E-state index is 12.3. The maximum Gasteiger partial charge on any atom is 0.251 e. The van der Waals surface area contributed by atoms with Gasteiger partial charge in [-0.05, 0) is 48.5 Å². The van der Waals surface area contributed by atoms with Gasteiger partial charge in [-0.2, -0.15) is 0 Å². The van der Waals surface area contributed by atoms with E-state index in [2.05, 4.69) is 20.0 Å². The largest absolute Gasteiger partial charge is 0.346 e. The van der Waals surface area contributed by atoms with Crippen LogP contribution in [-0.4, -0.2) is 24.3 Å². The number of pyridine rings is 2. The molecule has 0 spiro atoms. The lowest BCUT2D eigenvalue weighted by Crippen LogP contribution is -2.25. The van der Waals surface area contributed by atoms with Gasteiger partial charge < -0.3 is 5.32 Å². The summed E-state index contributed by atoms with van der Waals surface area (Å²) in [7, 11) is -3.69. The molecule has 8 heteroatoms. The molecule has 0 aliphatic carbocycles. The number of hydrogen-bond acceptors (Lipinski definition) is 5. The topological polar surface area (TPSA) is 101 Å². The number of nitrogens with zero attached hydrogens (tertiary/aromatic N) is 2. The van der Waals surface area contributed by atoms with Gasteiger partial charge >= 0.3 is 0 Å². The molecule has 0 unspecified atom stereocenters. The van der Waals surface area contributed by atoms with Crippen molar-refractivity contribution in [2.75, 3.05) is 0 Å². The van der Waals surface area contributed by atoms with Crippen LogP contribution in [0.15, 0.2) is 78.0 Å². The highest BCUT2D eigenvalue weighted by atomic mass is 32.2. The Balaban J connectivity index is 1.61. The van der Waals surface area contributed by atoms with E-state index in [4.69, 9.17) is 0 Å². The molecule has 1 aromatic carbocycles. The average Bonchev–Trinajstić information content (AvgIpc) is 2.72. The zero-order chi connectivity index (χ0) is 19.1. The van der Waals surface area contributed by atoms with Crippen LogP contribution < -0.4 is 10.0 Å². The molecule has 27 heavy (non-hydrogen) atoms. The van der Waals surface area contributed by atoms with Crippen molar-refractivity contribution >= 4 is 15.9 Å². The van der Waals surface area contributed by atoms with Gasteiger partial charge in [-0.3, -0.25) is 14.8 Å². The van der Waals surface area contributed by atoms with Crippen LogP contribution in [0, 0.1) is 0 Å². The Morgan fingerprint density at radius 2 is 1.41 bits per heavy atom. The molecule has 2 aromatic heterocycles. The second-order valence-corrected chi connectivity index (χ2v) is 7.44. The lowest BCUT2D eigenvalue weighted by atomic mass is 10.2. The maximum atomic E-state index is 12.3. The number of benzene rings is 1. The van der Waals surface area contributed by atoms with Gasteiger partial charge in [0.2, 0.25) is 10.0 Å². The second-order valence-electron chi connectivity index (χ2n) is 5.67. The lowest BCUT2D eigenvalue weighted by Gasteiger charge is -2.08. The van der Waals surface area contributed by atoms with Crippen molar-refractivity contribution in [1.82, 2.24) is 20.0 Å². The van der Waals surface area contributed by atoms with Gasteiger partial charge in [0, 0.05) is 18.0 Å². The smallest absolute Gasteiger partial charge is 0.251 e. The van der Waals surface area contributed by atoms with Crippen molar-refractivity contribution in [2.45, 2.75) is 18.0 Å². The summed E-state index contributed by atoms with van der Waals surface area (Å²) in [5.41, 5.74) is 1.73. The molecular weight excluding hydrogens is 364 g/mol. The highest BCUT2D eigenvalue weighted by Gasteiger charge is 2.15. The average molecular weight is 382 g/mol. The fourth-order valence-electron chi connectivity index (χ4n) is 2.32. The molecule has 0 aliphatic rings. The normalized spacial score (nSPS) is 11.1. The van der Waals surface area contributed by atoms with Crippen LogP contribution in [0.2, 0.25) is 0 Å². The van der Waals surface area contributed by atoms with Gasteiger partial charge in [-0.15, -0.1) is 0 Å². The first-order chi connectivity index (χ1) is 13.0. The van der Waals surface area contributed by atoms with Crippen LogP contribution >= 0.6 is 0 Å². The van der Waals surface area contributed by atoms with E-state index in [1.165, 1.54) is 24.3 Å². The number of carbonyl (C=O) groups is 1. The van der Waals surface area contributed by atoms with Crippen molar-refractivity contribution in [3.05, 3.63) is 90.0 Å². The molecule has 3 rings (SSSR count). The number of carbonyl (C=O) groups excluding carboxylic acids is 1. The molecule has 2 heterocycles. The minimum Gasteiger partial charge on any atom is -0.346 e. The van der Waals surface area contributed by atoms with Crippen LogP contribution in [0.4, 0.5) is 0 Å². The quantitative estimate of drug-likeness (QED) is 0.650. The monoisotopic (exact) mass is 382 g/mol. The van der Waals surface area contributed by atoms with E-state index in [1.54, 1.807) is 36.7 Å². The Morgan fingerprint density at radius 3 is 1.96 bits per heavy atom. The van der Waals surface area contributed by atoms with Gasteiger partial charge in [-0.25, -0.2) is 13.1 Å². The van der Waals surface area contributed by atoms with E-state index >= 15 is 0 Å². The van der Waals surface area contributed by atoms with E-state index in [0.717, 1.165) is 5.69 Å². The fraction of sp³-hybridized carbons (Fsp3) is 0.105. The molecule has 2 N–H and O–H groups in total. The van der Waals surface area contributed by atoms with Gasteiger partial charge in [0.25, 0.3) is 5.91 Å². The van der Waals surface area contributed by atoms with Gasteiger partial charge in [0.1, 0.15) is 0 Å². The van der Waals surface area contributed by atoms with Crippen LogP contribution in [0.1, 0.15) is 21.7 Å². The third kappa shape index (κ3) is 5.19. The van der Waals surface area contributed by atoms with Gasteiger partial charge in [0.05, 0.1) is 29.4 Å². The van der Waals surface area contributed by atoms with Crippen molar-refractivity contribution in [3.63, 3.8) is 0 Å². The summed E-state index contributed by atoms with van der Waals surface area (Å²) < 4.78 is 27.2. The van der Waals surface area contributed by atoms with Crippen molar-refractivity contribution < 1.29 is 13.2 Å². The summed E-state index contributed by atoms with van der Waals surface area (Å²) in [5.74, 6) is -0.300. The highest BCUT2D eigenvalue weighted by molar-refractivity contribution is 7.89. The molecule has 1 amide bonds. The Hall–Kier alpha value is -3.10. The molecule has 0 aliphatic heterocycles.